The van der Waals surface area contributed by atoms with E-state index in [1.54, 1.807) is 39.0 Å². The number of amides is 1. The van der Waals surface area contributed by atoms with E-state index in [0.717, 1.165) is 26.8 Å². The van der Waals surface area contributed by atoms with E-state index in [1.807, 2.05) is 19.9 Å². The van der Waals surface area contributed by atoms with Crippen LogP contribution >= 0.6 is 0 Å². The van der Waals surface area contributed by atoms with Gasteiger partial charge in [-0.1, -0.05) is 19.1 Å². The Balaban J connectivity index is 2.23. The molecule has 0 saturated heterocycles. The number of carbonyl (C=O) groups excluding carboxylic acids is 1. The zero-order valence-corrected chi connectivity index (χ0v) is 18.0. The maximum absolute atomic E-state index is 13.6. The standard InChI is InChI=1S/C23H24F3N3O2/c1-6-18(21(30)28-16-9-7-8-12(2)15(16)5)29-19-11-14(4)13(3)10-17(19)27-20(22(29)31)23(24,25)26/h7-11,18H,6H2,1-5H3,(H,28,30). The first-order valence-electron chi connectivity index (χ1n) is 9.93. The van der Waals surface area contributed by atoms with Crippen molar-refractivity contribution in [2.75, 3.05) is 5.32 Å². The van der Waals surface area contributed by atoms with E-state index in [-0.39, 0.29) is 17.5 Å². The molecule has 1 amide bonds. The Morgan fingerprint density at radius 1 is 1.10 bits per heavy atom. The third-order valence-corrected chi connectivity index (χ3v) is 5.64. The zero-order chi connectivity index (χ0) is 23.1. The molecule has 0 aliphatic carbocycles. The lowest BCUT2D eigenvalue weighted by atomic mass is 10.1. The number of anilines is 1. The normalized spacial score (nSPS) is 12.8. The van der Waals surface area contributed by atoms with Gasteiger partial charge in [0, 0.05) is 5.69 Å². The van der Waals surface area contributed by atoms with E-state index < -0.39 is 29.4 Å². The van der Waals surface area contributed by atoms with Gasteiger partial charge in [0.1, 0.15) is 6.04 Å². The first-order chi connectivity index (χ1) is 14.5. The number of hydrogen-bond donors (Lipinski definition) is 1. The number of benzene rings is 2. The van der Waals surface area contributed by atoms with Crippen LogP contribution in [0.15, 0.2) is 35.1 Å². The van der Waals surface area contributed by atoms with Gasteiger partial charge in [0.05, 0.1) is 11.0 Å². The molecule has 0 spiro atoms. The summed E-state index contributed by atoms with van der Waals surface area (Å²) in [6.45, 7) is 8.93. The maximum Gasteiger partial charge on any atom is 0.438 e. The van der Waals surface area contributed by atoms with Gasteiger partial charge in [-0.05, 0) is 74.6 Å². The van der Waals surface area contributed by atoms with Crippen molar-refractivity contribution in [1.82, 2.24) is 9.55 Å². The van der Waals surface area contributed by atoms with Crippen molar-refractivity contribution in [3.05, 3.63) is 68.6 Å². The van der Waals surface area contributed by atoms with Gasteiger partial charge in [-0.2, -0.15) is 13.2 Å². The van der Waals surface area contributed by atoms with Gasteiger partial charge in [0.15, 0.2) is 0 Å². The van der Waals surface area contributed by atoms with Crippen LogP contribution in [-0.2, 0) is 11.0 Å². The van der Waals surface area contributed by atoms with Gasteiger partial charge in [0.2, 0.25) is 11.6 Å². The van der Waals surface area contributed by atoms with Crippen LogP contribution in [0.5, 0.6) is 0 Å². The molecule has 1 atom stereocenters. The van der Waals surface area contributed by atoms with E-state index in [9.17, 15) is 22.8 Å². The highest BCUT2D eigenvalue weighted by Crippen LogP contribution is 2.29. The largest absolute Gasteiger partial charge is 0.438 e. The van der Waals surface area contributed by atoms with Crippen LogP contribution < -0.4 is 10.9 Å². The Labute approximate surface area is 177 Å². The topological polar surface area (TPSA) is 64.0 Å². The minimum atomic E-state index is -4.94. The van der Waals surface area contributed by atoms with Crippen molar-refractivity contribution in [3.63, 3.8) is 0 Å². The second-order valence-electron chi connectivity index (χ2n) is 7.72. The summed E-state index contributed by atoms with van der Waals surface area (Å²) in [5, 5.41) is 2.78. The molecule has 1 N–H and O–H groups in total. The molecule has 0 aliphatic rings. The summed E-state index contributed by atoms with van der Waals surface area (Å²) < 4.78 is 41.6. The molecular weight excluding hydrogens is 407 g/mol. The predicted octanol–water partition coefficient (Wildman–Crippen LogP) is 5.24. The number of nitrogens with one attached hydrogen (secondary N) is 1. The molecule has 0 bridgehead atoms. The fraction of sp³-hybridized carbons (Fsp3) is 0.348. The van der Waals surface area contributed by atoms with Gasteiger partial charge in [-0.25, -0.2) is 4.98 Å². The average Bonchev–Trinajstić information content (AvgIpc) is 2.68. The van der Waals surface area contributed by atoms with E-state index >= 15 is 0 Å². The Kier molecular flexibility index (Phi) is 5.93. The maximum atomic E-state index is 13.6. The number of alkyl halides is 3. The SMILES string of the molecule is CCC(C(=O)Nc1cccc(C)c1C)n1c(=O)c(C(F)(F)F)nc2cc(C)c(C)cc21. The number of hydrogen-bond acceptors (Lipinski definition) is 3. The van der Waals surface area contributed by atoms with Gasteiger partial charge in [-0.15, -0.1) is 0 Å². The van der Waals surface area contributed by atoms with Crippen molar-refractivity contribution in [2.24, 2.45) is 0 Å². The summed E-state index contributed by atoms with van der Waals surface area (Å²) >= 11 is 0. The number of aromatic nitrogens is 2. The molecule has 5 nitrogen and oxygen atoms in total. The third-order valence-electron chi connectivity index (χ3n) is 5.64. The highest BCUT2D eigenvalue weighted by molar-refractivity contribution is 5.95. The van der Waals surface area contributed by atoms with E-state index in [4.69, 9.17) is 0 Å². The smallest absolute Gasteiger partial charge is 0.324 e. The Hall–Kier alpha value is -3.16. The molecule has 2 aromatic carbocycles. The number of aryl methyl sites for hydroxylation is 3. The van der Waals surface area contributed by atoms with Gasteiger partial charge >= 0.3 is 6.18 Å². The predicted molar refractivity (Wildman–Crippen MR) is 114 cm³/mol. The van der Waals surface area contributed by atoms with Gasteiger partial charge in [0.25, 0.3) is 5.56 Å². The Morgan fingerprint density at radius 3 is 2.35 bits per heavy atom. The van der Waals surface area contributed by atoms with E-state index in [1.165, 1.54) is 6.07 Å². The number of halogens is 3. The van der Waals surface area contributed by atoms with Crippen LogP contribution in [0, 0.1) is 27.7 Å². The average molecular weight is 431 g/mol. The molecule has 0 saturated carbocycles. The van der Waals surface area contributed by atoms with Crippen LogP contribution in [-0.4, -0.2) is 15.5 Å². The second-order valence-corrected chi connectivity index (χ2v) is 7.72. The quantitative estimate of drug-likeness (QED) is 0.615. The fourth-order valence-electron chi connectivity index (χ4n) is 3.54. The minimum absolute atomic E-state index is 0.0213. The lowest BCUT2D eigenvalue weighted by Crippen LogP contribution is -2.37. The van der Waals surface area contributed by atoms with Gasteiger partial charge < -0.3 is 5.32 Å². The molecule has 0 radical (unpaired) electrons. The number of carbonyl (C=O) groups is 1. The van der Waals surface area contributed by atoms with Crippen molar-refractivity contribution in [1.29, 1.82) is 0 Å². The van der Waals surface area contributed by atoms with Crippen molar-refractivity contribution < 1.29 is 18.0 Å². The van der Waals surface area contributed by atoms with Crippen LogP contribution in [0.4, 0.5) is 18.9 Å². The van der Waals surface area contributed by atoms with Crippen LogP contribution in [0.3, 0.4) is 0 Å². The monoisotopic (exact) mass is 431 g/mol. The van der Waals surface area contributed by atoms with Crippen molar-refractivity contribution >= 4 is 22.6 Å². The molecule has 0 aliphatic heterocycles. The number of nitrogens with zero attached hydrogens (tertiary/aromatic N) is 2. The molecule has 3 aromatic rings. The van der Waals surface area contributed by atoms with Crippen LogP contribution in [0.25, 0.3) is 11.0 Å². The summed E-state index contributed by atoms with van der Waals surface area (Å²) in [4.78, 5) is 29.7. The minimum Gasteiger partial charge on any atom is -0.324 e. The molecule has 1 heterocycles. The van der Waals surface area contributed by atoms with Crippen LogP contribution in [0.2, 0.25) is 0 Å². The molecule has 8 heteroatoms. The zero-order valence-electron chi connectivity index (χ0n) is 18.0. The summed E-state index contributed by atoms with van der Waals surface area (Å²) in [6.07, 6.45) is -4.81. The fourth-order valence-corrected chi connectivity index (χ4v) is 3.54. The number of rotatable bonds is 4. The summed E-state index contributed by atoms with van der Waals surface area (Å²) in [5.74, 6) is -0.558. The molecule has 1 unspecified atom stereocenters. The second kappa shape index (κ2) is 8.17. The third kappa shape index (κ3) is 4.19. The first kappa shape index (κ1) is 22.5. The molecule has 31 heavy (non-hydrogen) atoms. The highest BCUT2D eigenvalue weighted by Gasteiger charge is 2.38. The van der Waals surface area contributed by atoms with Crippen molar-refractivity contribution in [3.8, 4) is 0 Å². The van der Waals surface area contributed by atoms with E-state index in [0.29, 0.717) is 5.69 Å². The summed E-state index contributed by atoms with van der Waals surface area (Å²) in [5.41, 5.74) is 1.25. The molecular formula is C23H24F3N3O2. The Morgan fingerprint density at radius 2 is 1.74 bits per heavy atom. The summed E-state index contributed by atoms with van der Waals surface area (Å²) in [7, 11) is 0. The number of fused-ring (bicyclic) bond motifs is 1. The van der Waals surface area contributed by atoms with E-state index in [2.05, 4.69) is 10.3 Å². The lowest BCUT2D eigenvalue weighted by Gasteiger charge is -2.22. The Bertz CT molecular complexity index is 1230. The molecule has 0 fully saturated rings. The molecule has 164 valence electrons. The molecule has 3 rings (SSSR count). The lowest BCUT2D eigenvalue weighted by molar-refractivity contribution is -0.142. The molecule has 1 aromatic heterocycles. The van der Waals surface area contributed by atoms with Gasteiger partial charge in [-0.3, -0.25) is 14.2 Å². The first-order valence-corrected chi connectivity index (χ1v) is 9.93. The van der Waals surface area contributed by atoms with Crippen LogP contribution in [0.1, 0.15) is 47.3 Å². The highest BCUT2D eigenvalue weighted by atomic mass is 19.4. The summed E-state index contributed by atoms with van der Waals surface area (Å²) in [6, 6.07) is 7.36. The van der Waals surface area contributed by atoms with Crippen molar-refractivity contribution in [2.45, 2.75) is 53.3 Å².